The molecule has 3 aromatic rings. The van der Waals surface area contributed by atoms with Gasteiger partial charge in [0.1, 0.15) is 5.82 Å². The molecule has 2 aromatic carbocycles. The zero-order chi connectivity index (χ0) is 22.5. The fourth-order valence-corrected chi connectivity index (χ4v) is 4.72. The molecular weight excluding hydrogens is 429 g/mol. The number of halogens is 1. The van der Waals surface area contributed by atoms with E-state index in [1.807, 2.05) is 4.57 Å². The molecule has 2 amide bonds. The highest BCUT2D eigenvalue weighted by atomic mass is 32.2. The normalized spacial score (nSPS) is 14.3. The van der Waals surface area contributed by atoms with Crippen LogP contribution in [0.5, 0.6) is 0 Å². The Labute approximate surface area is 189 Å². The van der Waals surface area contributed by atoms with E-state index in [1.165, 1.54) is 24.2 Å². The van der Waals surface area contributed by atoms with Gasteiger partial charge in [0.15, 0.2) is 11.0 Å². The molecule has 1 aliphatic carbocycles. The van der Waals surface area contributed by atoms with E-state index in [0.29, 0.717) is 27.8 Å². The SMILES string of the molecule is NC(=O)c1ccc(NC(=O)CSc2nnc(-c3ccccc3F)n2C2CCCCC2)cc1. The summed E-state index contributed by atoms with van der Waals surface area (Å²) in [5.74, 6) is -0.455. The van der Waals surface area contributed by atoms with Crippen LogP contribution in [0.3, 0.4) is 0 Å². The molecule has 4 rings (SSSR count). The van der Waals surface area contributed by atoms with Crippen molar-refractivity contribution in [2.24, 2.45) is 5.73 Å². The maximum absolute atomic E-state index is 14.5. The van der Waals surface area contributed by atoms with Crippen molar-refractivity contribution in [2.75, 3.05) is 11.1 Å². The molecule has 1 saturated carbocycles. The first kappa shape index (κ1) is 22.0. The van der Waals surface area contributed by atoms with Gasteiger partial charge < -0.3 is 11.1 Å². The lowest BCUT2D eigenvalue weighted by Gasteiger charge is -2.25. The molecule has 1 aliphatic rings. The van der Waals surface area contributed by atoms with Crippen LogP contribution in [-0.2, 0) is 4.79 Å². The Bertz CT molecular complexity index is 1110. The summed E-state index contributed by atoms with van der Waals surface area (Å²) in [6.45, 7) is 0. The summed E-state index contributed by atoms with van der Waals surface area (Å²) < 4.78 is 16.5. The van der Waals surface area contributed by atoms with Crippen LogP contribution in [0, 0.1) is 5.82 Å². The predicted octanol–water partition coefficient (Wildman–Crippen LogP) is 4.42. The Balaban J connectivity index is 1.51. The van der Waals surface area contributed by atoms with Crippen LogP contribution >= 0.6 is 11.8 Å². The van der Waals surface area contributed by atoms with Crippen molar-refractivity contribution in [3.8, 4) is 11.4 Å². The molecule has 1 fully saturated rings. The molecule has 166 valence electrons. The number of aromatic nitrogens is 3. The van der Waals surface area contributed by atoms with Crippen molar-refractivity contribution < 1.29 is 14.0 Å². The third kappa shape index (κ3) is 4.99. The number of benzene rings is 2. The standard InChI is InChI=1S/C23H24FN5O2S/c24-19-9-5-4-8-18(19)22-27-28-23(29(22)17-6-2-1-3-7-17)32-14-20(30)26-16-12-10-15(11-13-16)21(25)31/h4-5,8-13,17H,1-3,6-7,14H2,(H2,25,31)(H,26,30). The summed E-state index contributed by atoms with van der Waals surface area (Å²) in [5.41, 5.74) is 6.60. The van der Waals surface area contributed by atoms with Gasteiger partial charge in [-0.25, -0.2) is 4.39 Å². The fraction of sp³-hybridized carbons (Fsp3) is 0.304. The third-order valence-corrected chi connectivity index (χ3v) is 6.45. The zero-order valence-corrected chi connectivity index (χ0v) is 18.3. The number of anilines is 1. The van der Waals surface area contributed by atoms with E-state index in [2.05, 4.69) is 15.5 Å². The number of nitrogens with two attached hydrogens (primary N) is 1. The largest absolute Gasteiger partial charge is 0.366 e. The molecule has 0 unspecified atom stereocenters. The van der Waals surface area contributed by atoms with E-state index >= 15 is 0 Å². The van der Waals surface area contributed by atoms with Gasteiger partial charge in [-0.1, -0.05) is 43.2 Å². The number of thioether (sulfide) groups is 1. The van der Waals surface area contributed by atoms with Crippen molar-refractivity contribution in [3.63, 3.8) is 0 Å². The van der Waals surface area contributed by atoms with Gasteiger partial charge in [-0.2, -0.15) is 0 Å². The molecule has 0 radical (unpaired) electrons. The van der Waals surface area contributed by atoms with Crippen molar-refractivity contribution in [1.82, 2.24) is 14.8 Å². The molecule has 0 atom stereocenters. The minimum atomic E-state index is -0.522. The van der Waals surface area contributed by atoms with Gasteiger partial charge in [-0.3, -0.25) is 14.2 Å². The van der Waals surface area contributed by atoms with Crippen LogP contribution in [-0.4, -0.2) is 32.3 Å². The van der Waals surface area contributed by atoms with E-state index in [-0.39, 0.29) is 23.5 Å². The van der Waals surface area contributed by atoms with Crippen molar-refractivity contribution in [3.05, 3.63) is 59.9 Å². The topological polar surface area (TPSA) is 103 Å². The van der Waals surface area contributed by atoms with Crippen molar-refractivity contribution >= 4 is 29.3 Å². The average Bonchev–Trinajstić information content (AvgIpc) is 3.22. The molecule has 0 aliphatic heterocycles. The number of nitrogens with one attached hydrogen (secondary N) is 1. The number of rotatable bonds is 7. The summed E-state index contributed by atoms with van der Waals surface area (Å²) in [7, 11) is 0. The van der Waals surface area contributed by atoms with Gasteiger partial charge in [0.25, 0.3) is 0 Å². The quantitative estimate of drug-likeness (QED) is 0.516. The van der Waals surface area contributed by atoms with Crippen LogP contribution in [0.1, 0.15) is 48.5 Å². The third-order valence-electron chi connectivity index (χ3n) is 5.50. The fourth-order valence-electron chi connectivity index (χ4n) is 3.92. The van der Waals surface area contributed by atoms with Crippen molar-refractivity contribution in [1.29, 1.82) is 0 Å². The smallest absolute Gasteiger partial charge is 0.248 e. The summed E-state index contributed by atoms with van der Waals surface area (Å²) in [5, 5.41) is 12.0. The van der Waals surface area contributed by atoms with Gasteiger partial charge >= 0.3 is 0 Å². The maximum Gasteiger partial charge on any atom is 0.248 e. The number of nitrogens with zero attached hydrogens (tertiary/aromatic N) is 3. The molecule has 7 nitrogen and oxygen atoms in total. The van der Waals surface area contributed by atoms with Crippen LogP contribution in [0.25, 0.3) is 11.4 Å². The Hall–Kier alpha value is -3.20. The highest BCUT2D eigenvalue weighted by Gasteiger charge is 2.25. The number of carbonyl (C=O) groups excluding carboxylic acids is 2. The minimum Gasteiger partial charge on any atom is -0.366 e. The van der Waals surface area contributed by atoms with Crippen molar-refractivity contribution in [2.45, 2.75) is 43.3 Å². The van der Waals surface area contributed by atoms with Crippen LogP contribution in [0.2, 0.25) is 0 Å². The van der Waals surface area contributed by atoms with E-state index in [0.717, 1.165) is 25.7 Å². The van der Waals surface area contributed by atoms with Gasteiger partial charge in [0, 0.05) is 17.3 Å². The number of hydrogen-bond acceptors (Lipinski definition) is 5. The Morgan fingerprint density at radius 3 is 2.47 bits per heavy atom. The van der Waals surface area contributed by atoms with Crippen LogP contribution in [0.15, 0.2) is 53.7 Å². The van der Waals surface area contributed by atoms with E-state index in [4.69, 9.17) is 5.73 Å². The second-order valence-corrected chi connectivity index (χ2v) is 8.67. The van der Waals surface area contributed by atoms with Gasteiger partial charge in [-0.15, -0.1) is 10.2 Å². The molecule has 9 heteroatoms. The van der Waals surface area contributed by atoms with Crippen LogP contribution < -0.4 is 11.1 Å². The van der Waals surface area contributed by atoms with E-state index in [1.54, 1.807) is 42.5 Å². The summed E-state index contributed by atoms with van der Waals surface area (Å²) in [6, 6.07) is 13.1. The van der Waals surface area contributed by atoms with E-state index < -0.39 is 5.91 Å². The monoisotopic (exact) mass is 453 g/mol. The Morgan fingerprint density at radius 2 is 1.78 bits per heavy atom. The molecule has 1 heterocycles. The number of amides is 2. The Kier molecular flexibility index (Phi) is 6.84. The van der Waals surface area contributed by atoms with Gasteiger partial charge in [0.05, 0.1) is 11.3 Å². The number of carbonyl (C=O) groups is 2. The molecule has 32 heavy (non-hydrogen) atoms. The molecule has 0 spiro atoms. The average molecular weight is 454 g/mol. The summed E-state index contributed by atoms with van der Waals surface area (Å²) in [4.78, 5) is 23.7. The first-order chi connectivity index (χ1) is 15.5. The highest BCUT2D eigenvalue weighted by molar-refractivity contribution is 7.99. The van der Waals surface area contributed by atoms with Gasteiger partial charge in [-0.05, 0) is 49.2 Å². The lowest BCUT2D eigenvalue weighted by molar-refractivity contribution is -0.113. The molecule has 0 saturated heterocycles. The molecule has 0 bridgehead atoms. The minimum absolute atomic E-state index is 0.125. The number of primary amides is 1. The highest BCUT2D eigenvalue weighted by Crippen LogP contribution is 2.36. The van der Waals surface area contributed by atoms with Gasteiger partial charge in [0.2, 0.25) is 11.8 Å². The first-order valence-electron chi connectivity index (χ1n) is 10.6. The lowest BCUT2D eigenvalue weighted by atomic mass is 9.95. The van der Waals surface area contributed by atoms with E-state index in [9.17, 15) is 14.0 Å². The second-order valence-electron chi connectivity index (χ2n) is 7.73. The summed E-state index contributed by atoms with van der Waals surface area (Å²) >= 11 is 1.28. The molecular formula is C23H24FN5O2S. The molecule has 1 aromatic heterocycles. The first-order valence-corrected chi connectivity index (χ1v) is 11.5. The Morgan fingerprint density at radius 1 is 1.06 bits per heavy atom. The zero-order valence-electron chi connectivity index (χ0n) is 17.5. The van der Waals surface area contributed by atoms with Crippen LogP contribution in [0.4, 0.5) is 10.1 Å². The number of hydrogen-bond donors (Lipinski definition) is 2. The maximum atomic E-state index is 14.5. The second kappa shape index (κ2) is 9.95. The lowest BCUT2D eigenvalue weighted by Crippen LogP contribution is -2.17. The summed E-state index contributed by atoms with van der Waals surface area (Å²) in [6.07, 6.45) is 5.35. The molecule has 3 N–H and O–H groups in total. The predicted molar refractivity (Wildman–Crippen MR) is 122 cm³/mol.